The van der Waals surface area contributed by atoms with Crippen molar-refractivity contribution in [1.29, 1.82) is 0 Å². The lowest BCUT2D eigenvalue weighted by Gasteiger charge is -2.27. The van der Waals surface area contributed by atoms with Crippen LogP contribution in [0.3, 0.4) is 0 Å². The van der Waals surface area contributed by atoms with E-state index in [9.17, 15) is 14.9 Å². The molecule has 0 bridgehead atoms. The molecule has 0 heterocycles. The van der Waals surface area contributed by atoms with Gasteiger partial charge < -0.3 is 0 Å². The summed E-state index contributed by atoms with van der Waals surface area (Å²) in [7, 11) is 0. The average Bonchev–Trinajstić information content (AvgIpc) is 2.73. The molecule has 4 aromatic rings. The number of hydrogen-bond acceptors (Lipinski definition) is 3. The van der Waals surface area contributed by atoms with Gasteiger partial charge in [0.05, 0.1) is 4.92 Å². The van der Waals surface area contributed by atoms with E-state index in [0.717, 1.165) is 27.5 Å². The predicted molar refractivity (Wildman–Crippen MR) is 114 cm³/mol. The van der Waals surface area contributed by atoms with E-state index in [4.69, 9.17) is 0 Å². The molecule has 0 amide bonds. The highest BCUT2D eigenvalue weighted by Gasteiger charge is 2.29. The Morgan fingerprint density at radius 1 is 0.897 bits per heavy atom. The molecule has 0 saturated heterocycles. The third-order valence-corrected chi connectivity index (χ3v) is 6.03. The molecule has 0 fully saturated rings. The Balaban J connectivity index is 1.83. The number of ketones is 1. The molecule has 0 saturated carbocycles. The topological polar surface area (TPSA) is 60.2 Å². The molecular weight excluding hydrogens is 362 g/mol. The summed E-state index contributed by atoms with van der Waals surface area (Å²) in [5, 5.41) is 16.0. The van der Waals surface area contributed by atoms with Crippen LogP contribution < -0.4 is 0 Å². The number of nitro groups is 1. The van der Waals surface area contributed by atoms with E-state index in [2.05, 4.69) is 37.3 Å². The molecule has 142 valence electrons. The molecule has 1 unspecified atom stereocenters. The Labute approximate surface area is 167 Å². The van der Waals surface area contributed by atoms with E-state index in [1.54, 1.807) is 12.1 Å². The minimum absolute atomic E-state index is 0.0592. The molecule has 4 nitrogen and oxygen atoms in total. The van der Waals surface area contributed by atoms with E-state index in [1.165, 1.54) is 22.4 Å². The SMILES string of the molecule is Cc1cc2c3c(ccc2c2ccccc12)CC(=O)CC3c1cccc([N+](=O)[O-])c1. The van der Waals surface area contributed by atoms with Crippen molar-refractivity contribution < 1.29 is 9.72 Å². The quantitative estimate of drug-likeness (QED) is 0.248. The zero-order valence-electron chi connectivity index (χ0n) is 16.0. The highest BCUT2D eigenvalue weighted by Crippen LogP contribution is 2.42. The van der Waals surface area contributed by atoms with E-state index in [1.807, 2.05) is 18.2 Å². The molecular formula is C25H19NO3. The van der Waals surface area contributed by atoms with E-state index < -0.39 is 0 Å². The Hall–Kier alpha value is -3.53. The molecule has 1 aliphatic rings. The number of Topliss-reactive ketones (excluding diaryl/α,β-unsaturated/α-hetero) is 1. The van der Waals surface area contributed by atoms with Crippen molar-refractivity contribution in [2.24, 2.45) is 0 Å². The number of hydrogen-bond donors (Lipinski definition) is 0. The first-order valence-electron chi connectivity index (χ1n) is 9.73. The van der Waals surface area contributed by atoms with Crippen LogP contribution in [0.15, 0.2) is 66.7 Å². The lowest BCUT2D eigenvalue weighted by molar-refractivity contribution is -0.384. The highest BCUT2D eigenvalue weighted by atomic mass is 16.6. The maximum absolute atomic E-state index is 12.5. The standard InChI is InChI=1S/C25H19NO3/c1-15-11-24-22(21-8-3-2-7-20(15)21)10-9-17-13-19(27)14-23(25(17)24)16-5-4-6-18(12-16)26(28)29/h2-12,23H,13-14H2,1H3. The normalized spacial score (nSPS) is 16.2. The summed E-state index contributed by atoms with van der Waals surface area (Å²) >= 11 is 0. The molecule has 4 aromatic carbocycles. The maximum atomic E-state index is 12.5. The summed E-state index contributed by atoms with van der Waals surface area (Å²) in [4.78, 5) is 23.4. The van der Waals surface area contributed by atoms with Crippen molar-refractivity contribution in [3.05, 3.63) is 99.1 Å². The van der Waals surface area contributed by atoms with Gasteiger partial charge >= 0.3 is 0 Å². The number of carbonyl (C=O) groups is 1. The predicted octanol–water partition coefficient (Wildman–Crippen LogP) is 5.86. The van der Waals surface area contributed by atoms with Crippen LogP contribution in [0, 0.1) is 17.0 Å². The van der Waals surface area contributed by atoms with Gasteiger partial charge in [0.15, 0.2) is 0 Å². The summed E-state index contributed by atoms with van der Waals surface area (Å²) < 4.78 is 0. The number of carbonyl (C=O) groups excluding carboxylic acids is 1. The Morgan fingerprint density at radius 2 is 1.66 bits per heavy atom. The van der Waals surface area contributed by atoms with Gasteiger partial charge in [-0.25, -0.2) is 0 Å². The van der Waals surface area contributed by atoms with Gasteiger partial charge in [-0.2, -0.15) is 0 Å². The summed E-state index contributed by atoms with van der Waals surface area (Å²) in [5.41, 5.74) is 4.24. The van der Waals surface area contributed by atoms with Gasteiger partial charge in [0.25, 0.3) is 5.69 Å². The monoisotopic (exact) mass is 381 g/mol. The van der Waals surface area contributed by atoms with Crippen molar-refractivity contribution in [2.75, 3.05) is 0 Å². The number of aryl methyl sites for hydroxylation is 1. The van der Waals surface area contributed by atoms with E-state index >= 15 is 0 Å². The lowest BCUT2D eigenvalue weighted by Crippen LogP contribution is -2.19. The average molecular weight is 381 g/mol. The first kappa shape index (κ1) is 17.6. The fourth-order valence-corrected chi connectivity index (χ4v) is 4.75. The second kappa shape index (κ2) is 6.52. The molecule has 0 N–H and O–H groups in total. The van der Waals surface area contributed by atoms with Gasteiger partial charge in [0.2, 0.25) is 0 Å². The largest absolute Gasteiger partial charge is 0.299 e. The number of benzene rings is 4. The second-order valence-corrected chi connectivity index (χ2v) is 7.80. The summed E-state index contributed by atoms with van der Waals surface area (Å²) in [6, 6.07) is 21.4. The Morgan fingerprint density at radius 3 is 2.45 bits per heavy atom. The highest BCUT2D eigenvalue weighted by molar-refractivity contribution is 6.11. The fraction of sp³-hybridized carbons (Fsp3) is 0.160. The zero-order valence-corrected chi connectivity index (χ0v) is 16.0. The van der Waals surface area contributed by atoms with Crippen molar-refractivity contribution in [3.63, 3.8) is 0 Å². The molecule has 5 rings (SSSR count). The molecule has 0 spiro atoms. The van der Waals surface area contributed by atoms with Crippen LogP contribution in [0.1, 0.15) is 34.6 Å². The summed E-state index contributed by atoms with van der Waals surface area (Å²) in [6.45, 7) is 2.11. The first-order valence-corrected chi connectivity index (χ1v) is 9.73. The van der Waals surface area contributed by atoms with Crippen LogP contribution in [0.5, 0.6) is 0 Å². The number of fused-ring (bicyclic) bond motifs is 5. The van der Waals surface area contributed by atoms with Crippen LogP contribution >= 0.6 is 0 Å². The van der Waals surface area contributed by atoms with Crippen LogP contribution in [0.4, 0.5) is 5.69 Å². The minimum Gasteiger partial charge on any atom is -0.299 e. The second-order valence-electron chi connectivity index (χ2n) is 7.80. The van der Waals surface area contributed by atoms with Gasteiger partial charge in [-0.1, -0.05) is 54.6 Å². The summed E-state index contributed by atoms with van der Waals surface area (Å²) in [5.74, 6) is 0.00118. The van der Waals surface area contributed by atoms with Gasteiger partial charge in [-0.05, 0) is 50.7 Å². The molecule has 29 heavy (non-hydrogen) atoms. The van der Waals surface area contributed by atoms with E-state index in [-0.39, 0.29) is 22.3 Å². The van der Waals surface area contributed by atoms with Crippen molar-refractivity contribution in [2.45, 2.75) is 25.7 Å². The molecule has 0 radical (unpaired) electrons. The summed E-state index contributed by atoms with van der Waals surface area (Å²) in [6.07, 6.45) is 0.793. The van der Waals surface area contributed by atoms with Crippen molar-refractivity contribution >= 4 is 33.0 Å². The van der Waals surface area contributed by atoms with Gasteiger partial charge in [-0.15, -0.1) is 0 Å². The van der Waals surface area contributed by atoms with Crippen molar-refractivity contribution in [1.82, 2.24) is 0 Å². The lowest BCUT2D eigenvalue weighted by atomic mass is 9.75. The van der Waals surface area contributed by atoms with Gasteiger partial charge in [0.1, 0.15) is 5.78 Å². The van der Waals surface area contributed by atoms with Crippen molar-refractivity contribution in [3.8, 4) is 0 Å². The number of rotatable bonds is 2. The Kier molecular flexibility index (Phi) is 3.95. The van der Waals surface area contributed by atoms with Crippen LogP contribution in [0.2, 0.25) is 0 Å². The fourth-order valence-electron chi connectivity index (χ4n) is 4.75. The third-order valence-electron chi connectivity index (χ3n) is 6.03. The van der Waals surface area contributed by atoms with E-state index in [0.29, 0.717) is 12.8 Å². The van der Waals surface area contributed by atoms with Gasteiger partial charge in [0, 0.05) is 30.9 Å². The maximum Gasteiger partial charge on any atom is 0.269 e. The van der Waals surface area contributed by atoms with Crippen LogP contribution in [-0.2, 0) is 11.2 Å². The first-order chi connectivity index (χ1) is 14.0. The van der Waals surface area contributed by atoms with Gasteiger partial charge in [-0.3, -0.25) is 14.9 Å². The minimum atomic E-state index is -0.379. The zero-order chi connectivity index (χ0) is 20.1. The Bertz CT molecular complexity index is 1320. The third kappa shape index (κ3) is 2.80. The molecule has 1 atom stereocenters. The number of nitrogens with zero attached hydrogens (tertiary/aromatic N) is 1. The van der Waals surface area contributed by atoms with Crippen LogP contribution in [-0.4, -0.2) is 10.7 Å². The molecule has 4 heteroatoms. The smallest absolute Gasteiger partial charge is 0.269 e. The molecule has 1 aliphatic carbocycles. The molecule has 0 aromatic heterocycles. The number of nitro benzene ring substituents is 1. The van der Waals surface area contributed by atoms with Crippen LogP contribution in [0.25, 0.3) is 21.5 Å². The molecule has 0 aliphatic heterocycles. The number of non-ortho nitro benzene ring substituents is 1.